The molecule has 4 nitrogen and oxygen atoms in total. The molecule has 1 aromatic heterocycles. The highest BCUT2D eigenvalue weighted by atomic mass is 16.5. The molecule has 1 aromatic rings. The smallest absolute Gasteiger partial charge is 0.290 e. The predicted molar refractivity (Wildman–Crippen MR) is 73.2 cm³/mol. The van der Waals surface area contributed by atoms with Crippen LogP contribution in [-0.4, -0.2) is 37.1 Å². The van der Waals surface area contributed by atoms with Crippen molar-refractivity contribution >= 4 is 5.91 Å². The minimum Gasteiger partial charge on any atom is -0.459 e. The number of ether oxygens (including phenoxy) is 1. The topological polar surface area (TPSA) is 42.7 Å². The Bertz CT molecular complexity index is 427. The van der Waals surface area contributed by atoms with Crippen LogP contribution in [0.2, 0.25) is 0 Å². The fourth-order valence-corrected chi connectivity index (χ4v) is 2.82. The van der Waals surface area contributed by atoms with Gasteiger partial charge >= 0.3 is 0 Å². The van der Waals surface area contributed by atoms with Gasteiger partial charge < -0.3 is 14.1 Å². The Balaban J connectivity index is 2.13. The number of methoxy groups -OCH3 is 1. The standard InChI is InChI=1S/C15H23NO3/c1-11-4-5-13(10-11)16(7-9-18-3)15(17)14-12(2)6-8-19-14/h6,8,11,13H,4-5,7,9-10H2,1-3H3/t11-,13-/m1/s1. The van der Waals surface area contributed by atoms with Crippen molar-refractivity contribution in [3.8, 4) is 0 Å². The van der Waals surface area contributed by atoms with Crippen LogP contribution < -0.4 is 0 Å². The van der Waals surface area contributed by atoms with E-state index in [1.807, 2.05) is 17.9 Å². The van der Waals surface area contributed by atoms with E-state index in [0.717, 1.165) is 18.4 Å². The zero-order valence-corrected chi connectivity index (χ0v) is 12.0. The molecule has 1 saturated carbocycles. The second-order valence-corrected chi connectivity index (χ2v) is 5.50. The Kier molecular flexibility index (Phi) is 4.64. The monoisotopic (exact) mass is 265 g/mol. The molecular weight excluding hydrogens is 242 g/mol. The van der Waals surface area contributed by atoms with Crippen LogP contribution in [0, 0.1) is 12.8 Å². The largest absolute Gasteiger partial charge is 0.459 e. The van der Waals surface area contributed by atoms with Crippen molar-refractivity contribution in [1.82, 2.24) is 4.90 Å². The highest BCUT2D eigenvalue weighted by Gasteiger charge is 2.32. The molecule has 0 saturated heterocycles. The molecule has 0 radical (unpaired) electrons. The van der Waals surface area contributed by atoms with Gasteiger partial charge in [0.05, 0.1) is 12.9 Å². The second kappa shape index (κ2) is 6.24. The molecule has 0 N–H and O–H groups in total. The highest BCUT2D eigenvalue weighted by Crippen LogP contribution is 2.30. The number of amides is 1. The summed E-state index contributed by atoms with van der Waals surface area (Å²) in [6, 6.07) is 2.15. The highest BCUT2D eigenvalue weighted by molar-refractivity contribution is 5.93. The molecule has 2 rings (SSSR count). The minimum atomic E-state index is -0.00125. The van der Waals surface area contributed by atoms with Crippen molar-refractivity contribution in [2.24, 2.45) is 5.92 Å². The molecule has 19 heavy (non-hydrogen) atoms. The summed E-state index contributed by atoms with van der Waals surface area (Å²) in [5.74, 6) is 1.16. The van der Waals surface area contributed by atoms with Crippen molar-refractivity contribution in [3.05, 3.63) is 23.7 Å². The van der Waals surface area contributed by atoms with E-state index >= 15 is 0 Å². The molecule has 2 atom stereocenters. The van der Waals surface area contributed by atoms with E-state index in [2.05, 4.69) is 6.92 Å². The first-order valence-corrected chi connectivity index (χ1v) is 6.97. The summed E-state index contributed by atoms with van der Waals surface area (Å²) in [5, 5.41) is 0. The third kappa shape index (κ3) is 3.18. The minimum absolute atomic E-state index is 0.00125. The fraction of sp³-hybridized carbons (Fsp3) is 0.667. The number of rotatable bonds is 5. The van der Waals surface area contributed by atoms with E-state index in [1.165, 1.54) is 6.42 Å². The van der Waals surface area contributed by atoms with Gasteiger partial charge in [-0.1, -0.05) is 6.92 Å². The lowest BCUT2D eigenvalue weighted by Crippen LogP contribution is -2.41. The maximum atomic E-state index is 12.6. The van der Waals surface area contributed by atoms with Crippen LogP contribution in [0.15, 0.2) is 16.7 Å². The first-order valence-electron chi connectivity index (χ1n) is 6.97. The number of hydrogen-bond donors (Lipinski definition) is 0. The van der Waals surface area contributed by atoms with Gasteiger partial charge in [-0.3, -0.25) is 4.79 Å². The maximum absolute atomic E-state index is 12.6. The van der Waals surface area contributed by atoms with Crippen LogP contribution in [-0.2, 0) is 4.74 Å². The van der Waals surface area contributed by atoms with Crippen LogP contribution >= 0.6 is 0 Å². The summed E-state index contributed by atoms with van der Waals surface area (Å²) < 4.78 is 10.5. The van der Waals surface area contributed by atoms with Gasteiger partial charge in [0.15, 0.2) is 5.76 Å². The zero-order valence-electron chi connectivity index (χ0n) is 12.0. The molecule has 0 aromatic carbocycles. The average molecular weight is 265 g/mol. The van der Waals surface area contributed by atoms with E-state index in [-0.39, 0.29) is 5.91 Å². The van der Waals surface area contributed by atoms with E-state index in [0.29, 0.717) is 30.9 Å². The summed E-state index contributed by atoms with van der Waals surface area (Å²) in [4.78, 5) is 14.5. The number of nitrogens with zero attached hydrogens (tertiary/aromatic N) is 1. The zero-order chi connectivity index (χ0) is 13.8. The Labute approximate surface area is 114 Å². The molecule has 1 fully saturated rings. The molecule has 0 aliphatic heterocycles. The third-order valence-electron chi connectivity index (χ3n) is 3.96. The van der Waals surface area contributed by atoms with Crippen molar-refractivity contribution in [2.45, 2.75) is 39.2 Å². The number of carbonyl (C=O) groups is 1. The van der Waals surface area contributed by atoms with Crippen molar-refractivity contribution in [1.29, 1.82) is 0 Å². The third-order valence-corrected chi connectivity index (χ3v) is 3.96. The Morgan fingerprint density at radius 1 is 1.53 bits per heavy atom. The van der Waals surface area contributed by atoms with Crippen LogP contribution in [0.25, 0.3) is 0 Å². The SMILES string of the molecule is COCCN(C(=O)c1occc1C)[C@@H]1CC[C@@H](C)C1. The van der Waals surface area contributed by atoms with Crippen LogP contribution in [0.3, 0.4) is 0 Å². The van der Waals surface area contributed by atoms with E-state index in [1.54, 1.807) is 13.4 Å². The van der Waals surface area contributed by atoms with Crippen LogP contribution in [0.1, 0.15) is 42.3 Å². The number of hydrogen-bond acceptors (Lipinski definition) is 3. The van der Waals surface area contributed by atoms with Gasteiger partial charge in [0.1, 0.15) is 0 Å². The molecule has 0 bridgehead atoms. The van der Waals surface area contributed by atoms with Gasteiger partial charge in [-0.25, -0.2) is 0 Å². The summed E-state index contributed by atoms with van der Waals surface area (Å²) in [6.07, 6.45) is 4.93. The Morgan fingerprint density at radius 3 is 2.84 bits per heavy atom. The Morgan fingerprint density at radius 2 is 2.32 bits per heavy atom. The summed E-state index contributed by atoms with van der Waals surface area (Å²) in [5.41, 5.74) is 0.901. The lowest BCUT2D eigenvalue weighted by atomic mass is 10.1. The van der Waals surface area contributed by atoms with E-state index in [4.69, 9.17) is 9.15 Å². The lowest BCUT2D eigenvalue weighted by Gasteiger charge is -2.28. The molecule has 1 aliphatic rings. The van der Waals surface area contributed by atoms with Gasteiger partial charge in [0, 0.05) is 25.3 Å². The van der Waals surface area contributed by atoms with E-state index in [9.17, 15) is 4.79 Å². The number of aryl methyl sites for hydroxylation is 1. The van der Waals surface area contributed by atoms with Crippen molar-refractivity contribution in [3.63, 3.8) is 0 Å². The van der Waals surface area contributed by atoms with Gasteiger partial charge in [0.2, 0.25) is 0 Å². The fourth-order valence-electron chi connectivity index (χ4n) is 2.82. The van der Waals surface area contributed by atoms with Crippen LogP contribution in [0.4, 0.5) is 0 Å². The molecular formula is C15H23NO3. The van der Waals surface area contributed by atoms with E-state index < -0.39 is 0 Å². The number of carbonyl (C=O) groups excluding carboxylic acids is 1. The van der Waals surface area contributed by atoms with Gasteiger partial charge in [-0.2, -0.15) is 0 Å². The molecule has 0 unspecified atom stereocenters. The van der Waals surface area contributed by atoms with Crippen molar-refractivity contribution < 1.29 is 13.9 Å². The predicted octanol–water partition coefficient (Wildman–Crippen LogP) is 2.87. The Hall–Kier alpha value is -1.29. The molecule has 106 valence electrons. The van der Waals surface area contributed by atoms with Gasteiger partial charge in [0.25, 0.3) is 5.91 Å². The second-order valence-electron chi connectivity index (χ2n) is 5.50. The first kappa shape index (κ1) is 14.1. The first-order chi connectivity index (χ1) is 9.13. The maximum Gasteiger partial charge on any atom is 0.290 e. The summed E-state index contributed by atoms with van der Waals surface area (Å²) in [6.45, 7) is 5.35. The molecule has 1 amide bonds. The lowest BCUT2D eigenvalue weighted by molar-refractivity contribution is 0.0570. The van der Waals surface area contributed by atoms with Crippen molar-refractivity contribution in [2.75, 3.05) is 20.3 Å². The quantitative estimate of drug-likeness (QED) is 0.822. The normalized spacial score (nSPS) is 22.7. The molecule has 0 spiro atoms. The summed E-state index contributed by atoms with van der Waals surface area (Å²) in [7, 11) is 1.66. The number of furan rings is 1. The average Bonchev–Trinajstić information content (AvgIpc) is 2.98. The summed E-state index contributed by atoms with van der Waals surface area (Å²) >= 11 is 0. The van der Waals surface area contributed by atoms with Gasteiger partial charge in [-0.05, 0) is 38.2 Å². The molecule has 1 heterocycles. The van der Waals surface area contributed by atoms with Gasteiger partial charge in [-0.15, -0.1) is 0 Å². The molecule has 1 aliphatic carbocycles. The van der Waals surface area contributed by atoms with Crippen LogP contribution in [0.5, 0.6) is 0 Å². The molecule has 4 heteroatoms.